The van der Waals surface area contributed by atoms with Crippen LogP contribution in [0.2, 0.25) is 0 Å². The van der Waals surface area contributed by atoms with Crippen molar-refractivity contribution in [3.05, 3.63) is 54.1 Å². The summed E-state index contributed by atoms with van der Waals surface area (Å²) in [6.45, 7) is 11.5. The van der Waals surface area contributed by atoms with E-state index in [1.54, 1.807) is 6.08 Å². The third-order valence-corrected chi connectivity index (χ3v) is 3.26. The minimum Gasteiger partial charge on any atom is -0.294 e. The van der Waals surface area contributed by atoms with Gasteiger partial charge in [-0.3, -0.25) is 4.79 Å². The first-order valence-electron chi connectivity index (χ1n) is 5.80. The third-order valence-electron chi connectivity index (χ3n) is 3.26. The van der Waals surface area contributed by atoms with E-state index in [-0.39, 0.29) is 5.78 Å². The second kappa shape index (κ2) is 5.13. The molecule has 1 rings (SSSR count). The highest BCUT2D eigenvalue weighted by molar-refractivity contribution is 6.01. The number of hydrogen-bond donors (Lipinski definition) is 0. The molecule has 0 aliphatic rings. The number of ketones is 1. The number of hydrogen-bond acceptors (Lipinski definition) is 1. The Morgan fingerprint density at radius 1 is 1.18 bits per heavy atom. The molecule has 17 heavy (non-hydrogen) atoms. The molecule has 0 bridgehead atoms. The topological polar surface area (TPSA) is 17.1 Å². The van der Waals surface area contributed by atoms with E-state index >= 15 is 0 Å². The lowest BCUT2D eigenvalue weighted by Crippen LogP contribution is -2.23. The number of benzene rings is 1. The predicted molar refractivity (Wildman–Crippen MR) is 73.7 cm³/mol. The second-order valence-electron chi connectivity index (χ2n) is 4.96. The fourth-order valence-electron chi connectivity index (χ4n) is 1.37. The van der Waals surface area contributed by atoms with Crippen molar-refractivity contribution in [1.29, 1.82) is 0 Å². The van der Waals surface area contributed by atoms with Crippen molar-refractivity contribution in [2.24, 2.45) is 5.41 Å². The van der Waals surface area contributed by atoms with Crippen LogP contribution in [0.4, 0.5) is 0 Å². The largest absolute Gasteiger partial charge is 0.294 e. The Balaban J connectivity index is 2.98. The van der Waals surface area contributed by atoms with Gasteiger partial charge in [-0.2, -0.15) is 0 Å². The van der Waals surface area contributed by atoms with Gasteiger partial charge in [0.05, 0.1) is 0 Å². The zero-order valence-corrected chi connectivity index (χ0v) is 11.1. The Bertz CT molecular complexity index is 450. The normalized spacial score (nSPS) is 12.4. The maximum atomic E-state index is 12.2. The SMILES string of the molecule is C=C(C)C(C)(C)C(=O)C=C(C)c1ccccc1. The molecule has 1 aromatic carbocycles. The summed E-state index contributed by atoms with van der Waals surface area (Å²) in [5.41, 5.74) is 2.47. The summed E-state index contributed by atoms with van der Waals surface area (Å²) in [7, 11) is 0. The zero-order valence-electron chi connectivity index (χ0n) is 11.1. The van der Waals surface area contributed by atoms with E-state index in [4.69, 9.17) is 0 Å². The van der Waals surface area contributed by atoms with Gasteiger partial charge in [0.25, 0.3) is 0 Å². The van der Waals surface area contributed by atoms with Crippen LogP contribution in [0.1, 0.15) is 33.3 Å². The molecular formula is C16H20O. The maximum Gasteiger partial charge on any atom is 0.165 e. The highest BCUT2D eigenvalue weighted by atomic mass is 16.1. The first-order chi connectivity index (χ1) is 7.85. The Kier molecular flexibility index (Phi) is 4.06. The molecule has 0 saturated heterocycles. The highest BCUT2D eigenvalue weighted by Crippen LogP contribution is 2.27. The summed E-state index contributed by atoms with van der Waals surface area (Å²) >= 11 is 0. The molecule has 90 valence electrons. The molecular weight excluding hydrogens is 208 g/mol. The molecule has 0 aromatic heterocycles. The van der Waals surface area contributed by atoms with Gasteiger partial charge in [0, 0.05) is 5.41 Å². The van der Waals surface area contributed by atoms with Crippen LogP contribution in [0.25, 0.3) is 5.57 Å². The molecule has 0 saturated carbocycles. The summed E-state index contributed by atoms with van der Waals surface area (Å²) in [5.74, 6) is 0.103. The van der Waals surface area contributed by atoms with Crippen molar-refractivity contribution in [1.82, 2.24) is 0 Å². The molecule has 1 nitrogen and oxygen atoms in total. The van der Waals surface area contributed by atoms with Crippen LogP contribution in [-0.2, 0) is 4.79 Å². The van der Waals surface area contributed by atoms with Gasteiger partial charge in [0.2, 0.25) is 0 Å². The monoisotopic (exact) mass is 228 g/mol. The van der Waals surface area contributed by atoms with Crippen LogP contribution in [0, 0.1) is 5.41 Å². The van der Waals surface area contributed by atoms with Crippen molar-refractivity contribution in [2.45, 2.75) is 27.7 Å². The van der Waals surface area contributed by atoms with Gasteiger partial charge in [-0.1, -0.05) is 42.5 Å². The Hall–Kier alpha value is -1.63. The molecule has 0 heterocycles. The van der Waals surface area contributed by atoms with Crippen molar-refractivity contribution < 1.29 is 4.79 Å². The average Bonchev–Trinajstić information content (AvgIpc) is 2.29. The molecule has 0 unspecified atom stereocenters. The number of rotatable bonds is 4. The lowest BCUT2D eigenvalue weighted by molar-refractivity contribution is -0.120. The van der Waals surface area contributed by atoms with Gasteiger partial charge < -0.3 is 0 Å². The standard InChI is InChI=1S/C16H20O/c1-12(2)16(4,5)15(17)11-13(3)14-9-7-6-8-10-14/h6-11H,1H2,2-5H3. The lowest BCUT2D eigenvalue weighted by Gasteiger charge is -2.21. The van der Waals surface area contributed by atoms with Crippen molar-refractivity contribution >= 4 is 11.4 Å². The van der Waals surface area contributed by atoms with Gasteiger partial charge in [-0.25, -0.2) is 0 Å². The van der Waals surface area contributed by atoms with E-state index in [2.05, 4.69) is 6.58 Å². The first kappa shape index (κ1) is 13.4. The lowest BCUT2D eigenvalue weighted by atomic mass is 9.81. The van der Waals surface area contributed by atoms with E-state index in [9.17, 15) is 4.79 Å². The summed E-state index contributed by atoms with van der Waals surface area (Å²) in [5, 5.41) is 0. The van der Waals surface area contributed by atoms with E-state index < -0.39 is 5.41 Å². The van der Waals surface area contributed by atoms with Crippen molar-refractivity contribution in [3.63, 3.8) is 0 Å². The highest BCUT2D eigenvalue weighted by Gasteiger charge is 2.26. The quantitative estimate of drug-likeness (QED) is 0.556. The third kappa shape index (κ3) is 3.16. The Morgan fingerprint density at radius 2 is 1.71 bits per heavy atom. The molecule has 0 radical (unpaired) electrons. The van der Waals surface area contributed by atoms with Gasteiger partial charge in [-0.15, -0.1) is 0 Å². The second-order valence-corrected chi connectivity index (χ2v) is 4.96. The molecule has 1 heteroatoms. The molecule has 0 aliphatic carbocycles. The van der Waals surface area contributed by atoms with Crippen LogP contribution in [-0.4, -0.2) is 5.78 Å². The molecule has 0 fully saturated rings. The van der Waals surface area contributed by atoms with Crippen LogP contribution >= 0.6 is 0 Å². The van der Waals surface area contributed by atoms with Gasteiger partial charge >= 0.3 is 0 Å². The number of carbonyl (C=O) groups is 1. The van der Waals surface area contributed by atoms with E-state index in [0.29, 0.717) is 0 Å². The van der Waals surface area contributed by atoms with Crippen LogP contribution in [0.5, 0.6) is 0 Å². The van der Waals surface area contributed by atoms with Crippen LogP contribution < -0.4 is 0 Å². The first-order valence-corrected chi connectivity index (χ1v) is 5.80. The molecule has 0 N–H and O–H groups in total. The van der Waals surface area contributed by atoms with Crippen molar-refractivity contribution in [2.75, 3.05) is 0 Å². The molecule has 0 amide bonds. The smallest absolute Gasteiger partial charge is 0.165 e. The average molecular weight is 228 g/mol. The fourth-order valence-corrected chi connectivity index (χ4v) is 1.37. The van der Waals surface area contributed by atoms with Gasteiger partial charge in [0.1, 0.15) is 0 Å². The van der Waals surface area contributed by atoms with E-state index in [0.717, 1.165) is 16.7 Å². The fraction of sp³-hybridized carbons (Fsp3) is 0.312. The summed E-state index contributed by atoms with van der Waals surface area (Å²) in [6.07, 6.45) is 1.71. The molecule has 0 atom stereocenters. The van der Waals surface area contributed by atoms with Gasteiger partial charge in [-0.05, 0) is 44.9 Å². The van der Waals surface area contributed by atoms with E-state index in [1.165, 1.54) is 0 Å². The maximum absolute atomic E-state index is 12.2. The minimum absolute atomic E-state index is 0.103. The Labute approximate surface area is 104 Å². The summed E-state index contributed by atoms with van der Waals surface area (Å²) < 4.78 is 0. The molecule has 0 spiro atoms. The Morgan fingerprint density at radius 3 is 2.18 bits per heavy atom. The molecule has 0 aliphatic heterocycles. The number of carbonyl (C=O) groups excluding carboxylic acids is 1. The number of allylic oxidation sites excluding steroid dienone is 3. The summed E-state index contributed by atoms with van der Waals surface area (Å²) in [4.78, 5) is 12.2. The van der Waals surface area contributed by atoms with Crippen molar-refractivity contribution in [3.8, 4) is 0 Å². The predicted octanol–water partition coefficient (Wildman–Crippen LogP) is 4.26. The summed E-state index contributed by atoms with van der Waals surface area (Å²) in [6, 6.07) is 9.93. The van der Waals surface area contributed by atoms with Crippen LogP contribution in [0.15, 0.2) is 48.6 Å². The zero-order chi connectivity index (χ0) is 13.1. The van der Waals surface area contributed by atoms with Crippen LogP contribution in [0.3, 0.4) is 0 Å². The van der Waals surface area contributed by atoms with Gasteiger partial charge in [0.15, 0.2) is 5.78 Å². The molecule has 1 aromatic rings. The van der Waals surface area contributed by atoms with E-state index in [1.807, 2.05) is 58.0 Å². The minimum atomic E-state index is -0.490.